The standard InChI is InChI=1S/C28H28N2O4/c1-17(2)34-23-7-5-6-21(15-23)26(31)24-25(20-10-12-29-13-11-20)30(28(33)27(24)32)16-22-14-18(3)8-9-19(22)4/h5-15,17,25,31H,16H2,1-4H3/b26-24-. The predicted octanol–water partition coefficient (Wildman–Crippen LogP) is 5.11. The number of hydrogen-bond acceptors (Lipinski definition) is 5. The molecule has 6 heteroatoms. The van der Waals surface area contributed by atoms with Crippen LogP contribution in [0.5, 0.6) is 5.75 Å². The molecule has 1 unspecified atom stereocenters. The minimum atomic E-state index is -0.738. The van der Waals surface area contributed by atoms with Crippen LogP contribution >= 0.6 is 0 Å². The zero-order chi connectivity index (χ0) is 24.4. The molecule has 0 spiro atoms. The summed E-state index contributed by atoms with van der Waals surface area (Å²) in [5.74, 6) is -0.999. The Bertz CT molecular complexity index is 1260. The maximum absolute atomic E-state index is 13.3. The van der Waals surface area contributed by atoms with E-state index in [1.54, 1.807) is 48.8 Å². The highest BCUT2D eigenvalue weighted by Gasteiger charge is 2.46. The number of aromatic nitrogens is 1. The van der Waals surface area contributed by atoms with Crippen molar-refractivity contribution in [2.45, 2.75) is 46.4 Å². The number of rotatable bonds is 6. The van der Waals surface area contributed by atoms with Crippen LogP contribution in [0.3, 0.4) is 0 Å². The van der Waals surface area contributed by atoms with Crippen molar-refractivity contribution in [2.24, 2.45) is 0 Å². The van der Waals surface area contributed by atoms with E-state index in [4.69, 9.17) is 4.74 Å². The van der Waals surface area contributed by atoms with Crippen LogP contribution in [-0.2, 0) is 16.1 Å². The Morgan fingerprint density at radius 2 is 1.79 bits per heavy atom. The number of benzene rings is 2. The Balaban J connectivity index is 1.84. The van der Waals surface area contributed by atoms with Crippen LogP contribution in [0.4, 0.5) is 0 Å². The fraction of sp³-hybridized carbons (Fsp3) is 0.250. The van der Waals surface area contributed by atoms with E-state index in [0.29, 0.717) is 16.9 Å². The van der Waals surface area contributed by atoms with Gasteiger partial charge in [-0.15, -0.1) is 0 Å². The third-order valence-corrected chi connectivity index (χ3v) is 5.89. The minimum absolute atomic E-state index is 0.0441. The summed E-state index contributed by atoms with van der Waals surface area (Å²) in [7, 11) is 0. The van der Waals surface area contributed by atoms with E-state index >= 15 is 0 Å². The molecule has 1 aliphatic rings. The van der Waals surface area contributed by atoms with Gasteiger partial charge in [-0.1, -0.05) is 35.9 Å². The normalized spacial score (nSPS) is 17.4. The van der Waals surface area contributed by atoms with Gasteiger partial charge in [-0.05, 0) is 68.7 Å². The first-order valence-corrected chi connectivity index (χ1v) is 11.3. The molecular formula is C28H28N2O4. The molecule has 1 aromatic heterocycles. The molecule has 174 valence electrons. The summed E-state index contributed by atoms with van der Waals surface area (Å²) in [6, 6.07) is 15.7. The van der Waals surface area contributed by atoms with Crippen molar-refractivity contribution < 1.29 is 19.4 Å². The van der Waals surface area contributed by atoms with Gasteiger partial charge in [0.15, 0.2) is 0 Å². The number of carbonyl (C=O) groups excluding carboxylic acids is 2. The second kappa shape index (κ2) is 9.51. The van der Waals surface area contributed by atoms with Gasteiger partial charge in [0.05, 0.1) is 17.7 Å². The number of Topliss-reactive ketones (excluding diaryl/α,β-unsaturated/α-hetero) is 1. The van der Waals surface area contributed by atoms with Crippen molar-refractivity contribution in [3.63, 3.8) is 0 Å². The first-order chi connectivity index (χ1) is 16.3. The van der Waals surface area contributed by atoms with Gasteiger partial charge in [0.2, 0.25) is 0 Å². The van der Waals surface area contributed by atoms with Crippen LogP contribution in [-0.4, -0.2) is 32.8 Å². The topological polar surface area (TPSA) is 79.7 Å². The van der Waals surface area contributed by atoms with Crippen LogP contribution in [0.2, 0.25) is 0 Å². The number of pyridine rings is 1. The molecule has 1 saturated heterocycles. The van der Waals surface area contributed by atoms with Crippen molar-refractivity contribution >= 4 is 17.4 Å². The molecule has 6 nitrogen and oxygen atoms in total. The number of amides is 1. The lowest BCUT2D eigenvalue weighted by Crippen LogP contribution is -2.29. The van der Waals surface area contributed by atoms with Gasteiger partial charge in [-0.2, -0.15) is 0 Å². The third kappa shape index (κ3) is 4.57. The Morgan fingerprint density at radius 1 is 1.06 bits per heavy atom. The molecule has 34 heavy (non-hydrogen) atoms. The Hall–Kier alpha value is -3.93. The summed E-state index contributed by atoms with van der Waals surface area (Å²) in [4.78, 5) is 32.1. The highest BCUT2D eigenvalue weighted by molar-refractivity contribution is 6.46. The number of carbonyl (C=O) groups is 2. The summed E-state index contributed by atoms with van der Waals surface area (Å²) in [5.41, 5.74) is 4.23. The van der Waals surface area contributed by atoms with Crippen LogP contribution in [0.25, 0.3) is 5.76 Å². The average Bonchev–Trinajstić information content (AvgIpc) is 3.06. The fourth-order valence-electron chi connectivity index (χ4n) is 4.23. The molecule has 0 aliphatic carbocycles. The van der Waals surface area contributed by atoms with Crippen LogP contribution in [0.1, 0.15) is 47.7 Å². The summed E-state index contributed by atoms with van der Waals surface area (Å²) >= 11 is 0. The number of aliphatic hydroxyl groups excluding tert-OH is 1. The van der Waals surface area contributed by atoms with Crippen molar-refractivity contribution in [3.05, 3.63) is 100 Å². The molecule has 0 saturated carbocycles. The van der Waals surface area contributed by atoms with Crippen LogP contribution < -0.4 is 4.74 Å². The van der Waals surface area contributed by atoms with E-state index < -0.39 is 17.7 Å². The molecule has 4 rings (SSSR count). The minimum Gasteiger partial charge on any atom is -0.507 e. The number of aryl methyl sites for hydroxylation is 2. The number of aliphatic hydroxyl groups is 1. The number of likely N-dealkylation sites (tertiary alicyclic amines) is 1. The molecule has 2 heterocycles. The average molecular weight is 457 g/mol. The highest BCUT2D eigenvalue weighted by Crippen LogP contribution is 2.40. The summed E-state index contributed by atoms with van der Waals surface area (Å²) in [6.07, 6.45) is 3.19. The molecule has 0 radical (unpaired) electrons. The van der Waals surface area contributed by atoms with Crippen LogP contribution in [0, 0.1) is 13.8 Å². The van der Waals surface area contributed by atoms with E-state index in [1.807, 2.05) is 45.9 Å². The molecule has 3 aromatic rings. The lowest BCUT2D eigenvalue weighted by atomic mass is 9.95. The van der Waals surface area contributed by atoms with Gasteiger partial charge >= 0.3 is 0 Å². The first-order valence-electron chi connectivity index (χ1n) is 11.3. The van der Waals surface area contributed by atoms with Gasteiger partial charge in [0, 0.05) is 24.5 Å². The van der Waals surface area contributed by atoms with E-state index in [1.165, 1.54) is 4.90 Å². The maximum Gasteiger partial charge on any atom is 0.295 e. The molecule has 1 fully saturated rings. The highest BCUT2D eigenvalue weighted by atomic mass is 16.5. The number of ether oxygens (including phenoxy) is 1. The summed E-state index contributed by atoms with van der Waals surface area (Å²) in [6.45, 7) is 8.04. The lowest BCUT2D eigenvalue weighted by molar-refractivity contribution is -0.140. The molecular weight excluding hydrogens is 428 g/mol. The first kappa shape index (κ1) is 23.2. The summed E-state index contributed by atoms with van der Waals surface area (Å²) in [5, 5.41) is 11.3. The van der Waals surface area contributed by atoms with Crippen LogP contribution in [0.15, 0.2) is 72.6 Å². The quantitative estimate of drug-likeness (QED) is 0.317. The monoisotopic (exact) mass is 456 g/mol. The van der Waals surface area contributed by atoms with Crippen molar-refractivity contribution in [1.29, 1.82) is 0 Å². The van der Waals surface area contributed by atoms with Gasteiger partial charge in [0.1, 0.15) is 11.5 Å². The lowest BCUT2D eigenvalue weighted by Gasteiger charge is -2.26. The van der Waals surface area contributed by atoms with Crippen molar-refractivity contribution in [2.75, 3.05) is 0 Å². The molecule has 2 aromatic carbocycles. The van der Waals surface area contributed by atoms with Gasteiger partial charge < -0.3 is 14.7 Å². The third-order valence-electron chi connectivity index (χ3n) is 5.89. The Kier molecular flexibility index (Phi) is 6.50. The van der Waals surface area contributed by atoms with E-state index in [0.717, 1.165) is 16.7 Å². The summed E-state index contributed by atoms with van der Waals surface area (Å²) < 4.78 is 5.75. The molecule has 1 N–H and O–H groups in total. The molecule has 0 bridgehead atoms. The van der Waals surface area contributed by atoms with Gasteiger partial charge in [-0.25, -0.2) is 0 Å². The van der Waals surface area contributed by atoms with Gasteiger partial charge in [-0.3, -0.25) is 14.6 Å². The largest absolute Gasteiger partial charge is 0.507 e. The number of nitrogens with zero attached hydrogens (tertiary/aromatic N) is 2. The molecule has 1 aliphatic heterocycles. The second-order valence-corrected chi connectivity index (χ2v) is 8.83. The number of hydrogen-bond donors (Lipinski definition) is 1. The molecule has 1 amide bonds. The SMILES string of the molecule is Cc1ccc(C)c(CN2C(=O)C(=O)/C(=C(\O)c3cccc(OC(C)C)c3)C2c2ccncc2)c1. The van der Waals surface area contributed by atoms with E-state index in [2.05, 4.69) is 4.98 Å². The van der Waals surface area contributed by atoms with E-state index in [-0.39, 0.29) is 24.0 Å². The van der Waals surface area contributed by atoms with Crippen molar-refractivity contribution in [1.82, 2.24) is 9.88 Å². The zero-order valence-electron chi connectivity index (χ0n) is 19.8. The Labute approximate surface area is 199 Å². The Morgan fingerprint density at radius 3 is 2.50 bits per heavy atom. The van der Waals surface area contributed by atoms with Crippen molar-refractivity contribution in [3.8, 4) is 5.75 Å². The maximum atomic E-state index is 13.3. The molecule has 1 atom stereocenters. The van der Waals surface area contributed by atoms with E-state index in [9.17, 15) is 14.7 Å². The van der Waals surface area contributed by atoms with Gasteiger partial charge in [0.25, 0.3) is 11.7 Å². The predicted molar refractivity (Wildman–Crippen MR) is 130 cm³/mol. The fourth-order valence-corrected chi connectivity index (χ4v) is 4.23. The number of ketones is 1. The smallest absolute Gasteiger partial charge is 0.295 e. The zero-order valence-corrected chi connectivity index (χ0v) is 19.8. The second-order valence-electron chi connectivity index (χ2n) is 8.83.